The number of nitrogens with zero attached hydrogens (tertiary/aromatic N) is 1. The Bertz CT molecular complexity index is 670. The fraction of sp³-hybridized carbons (Fsp3) is 0.864. The highest BCUT2D eigenvalue weighted by atomic mass is 32.2. The molecule has 170 valence electrons. The number of carbonyl (C=O) groups excluding carboxylic acids is 3. The van der Waals surface area contributed by atoms with E-state index < -0.39 is 28.7 Å². The fourth-order valence-corrected chi connectivity index (χ4v) is 8.15. The molecule has 3 aliphatic rings. The van der Waals surface area contributed by atoms with Gasteiger partial charge in [-0.05, 0) is 32.1 Å². The van der Waals surface area contributed by atoms with E-state index in [2.05, 4.69) is 19.2 Å². The molecule has 1 spiro atoms. The number of aliphatic hydroxyl groups is 1. The van der Waals surface area contributed by atoms with Crippen molar-refractivity contribution in [1.29, 1.82) is 0 Å². The Morgan fingerprint density at radius 3 is 2.67 bits per heavy atom. The van der Waals surface area contributed by atoms with Crippen molar-refractivity contribution in [2.75, 3.05) is 19.8 Å². The Kier molecular flexibility index (Phi) is 7.38. The molecule has 0 aromatic heterocycles. The lowest BCUT2D eigenvalue weighted by Gasteiger charge is -2.39. The van der Waals surface area contributed by atoms with Crippen LogP contribution in [-0.4, -0.2) is 69.6 Å². The molecule has 0 aromatic rings. The molecule has 0 aliphatic carbocycles. The van der Waals surface area contributed by atoms with E-state index in [1.165, 1.54) is 0 Å². The van der Waals surface area contributed by atoms with Gasteiger partial charge >= 0.3 is 5.97 Å². The van der Waals surface area contributed by atoms with Crippen LogP contribution in [0.4, 0.5) is 0 Å². The number of amides is 2. The topological polar surface area (TPSA) is 95.9 Å². The summed E-state index contributed by atoms with van der Waals surface area (Å²) in [6.45, 7) is 8.53. The minimum atomic E-state index is -0.668. The van der Waals surface area contributed by atoms with Gasteiger partial charge in [0.2, 0.25) is 11.8 Å². The van der Waals surface area contributed by atoms with E-state index in [4.69, 9.17) is 4.74 Å². The molecule has 3 heterocycles. The largest absolute Gasteiger partial charge is 0.466 e. The normalized spacial score (nSPS) is 35.4. The van der Waals surface area contributed by atoms with Crippen LogP contribution in [0.2, 0.25) is 0 Å². The lowest BCUT2D eigenvalue weighted by atomic mass is 9.66. The van der Waals surface area contributed by atoms with E-state index >= 15 is 0 Å². The molecule has 2 N–H and O–H groups in total. The van der Waals surface area contributed by atoms with E-state index in [9.17, 15) is 19.5 Å². The number of fused-ring (bicyclic) bond motifs is 1. The first kappa shape index (κ1) is 23.4. The molecule has 2 bridgehead atoms. The van der Waals surface area contributed by atoms with E-state index in [0.717, 1.165) is 25.7 Å². The molecule has 30 heavy (non-hydrogen) atoms. The zero-order valence-corrected chi connectivity index (χ0v) is 19.4. The Morgan fingerprint density at radius 2 is 2.07 bits per heavy atom. The van der Waals surface area contributed by atoms with E-state index in [-0.39, 0.29) is 42.2 Å². The van der Waals surface area contributed by atoms with Crippen molar-refractivity contribution < 1.29 is 24.2 Å². The van der Waals surface area contributed by atoms with Gasteiger partial charge in [-0.2, -0.15) is 0 Å². The lowest BCUT2D eigenvalue weighted by molar-refractivity contribution is -0.154. The van der Waals surface area contributed by atoms with Gasteiger partial charge in [0.15, 0.2) is 0 Å². The third-order valence-corrected chi connectivity index (χ3v) is 9.22. The summed E-state index contributed by atoms with van der Waals surface area (Å²) >= 11 is 1.64. The van der Waals surface area contributed by atoms with Crippen molar-refractivity contribution in [2.24, 2.45) is 17.8 Å². The maximum absolute atomic E-state index is 13.7. The van der Waals surface area contributed by atoms with Crippen LogP contribution in [0.3, 0.4) is 0 Å². The summed E-state index contributed by atoms with van der Waals surface area (Å²) in [5.74, 6) is -1.62. The average molecular weight is 441 g/mol. The van der Waals surface area contributed by atoms with Gasteiger partial charge in [-0.1, -0.05) is 33.6 Å². The Hall–Kier alpha value is -1.28. The van der Waals surface area contributed by atoms with Crippen molar-refractivity contribution in [3.8, 4) is 0 Å². The number of nitrogens with one attached hydrogen (secondary N) is 1. The molecule has 0 aromatic carbocycles. The first-order valence-corrected chi connectivity index (χ1v) is 12.3. The van der Waals surface area contributed by atoms with Crippen molar-refractivity contribution in [1.82, 2.24) is 10.2 Å². The van der Waals surface area contributed by atoms with Gasteiger partial charge in [0.25, 0.3) is 0 Å². The van der Waals surface area contributed by atoms with Gasteiger partial charge < -0.3 is 20.1 Å². The fourth-order valence-electron chi connectivity index (χ4n) is 5.76. The van der Waals surface area contributed by atoms with Gasteiger partial charge in [0.1, 0.15) is 6.04 Å². The number of aliphatic hydroxyl groups excluding tert-OH is 1. The first-order valence-electron chi connectivity index (χ1n) is 11.4. The SMILES string of the molecule is CCCCCNC(=O)C1N([C@@H](CC)CO)C(=O)[C@@H]2[C@@H](C(=O)OCC)[C@H]3CC(C)C12S3. The molecular weight excluding hydrogens is 404 g/mol. The van der Waals surface area contributed by atoms with E-state index in [1.54, 1.807) is 23.6 Å². The van der Waals surface area contributed by atoms with Crippen molar-refractivity contribution in [2.45, 2.75) is 81.9 Å². The standard InChI is InChI=1S/C22H36N2O5S/c1-5-8-9-10-23-19(26)18-22-13(4)11-15(30-22)16(21(28)29-7-3)17(22)20(27)24(18)14(6-2)12-25/h13-18,25H,5-12H2,1-4H3,(H,23,26)/t13?,14-,15+,16-,17-,18?,22?/m0/s1. The van der Waals surface area contributed by atoms with Gasteiger partial charge in [-0.15, -0.1) is 11.8 Å². The number of hydrogen-bond acceptors (Lipinski definition) is 6. The minimum Gasteiger partial charge on any atom is -0.466 e. The average Bonchev–Trinajstić information content (AvgIpc) is 3.31. The highest BCUT2D eigenvalue weighted by Gasteiger charge is 2.76. The molecule has 7 atom stereocenters. The number of unbranched alkanes of at least 4 members (excludes halogenated alkanes) is 2. The molecule has 0 radical (unpaired) electrons. The number of hydrogen-bond donors (Lipinski definition) is 2. The van der Waals surface area contributed by atoms with Crippen molar-refractivity contribution >= 4 is 29.5 Å². The molecule has 0 saturated carbocycles. The molecule has 3 aliphatic heterocycles. The quantitative estimate of drug-likeness (QED) is 0.398. The number of thioether (sulfide) groups is 1. The summed E-state index contributed by atoms with van der Waals surface area (Å²) in [5.41, 5.74) is 0. The molecule has 8 heteroatoms. The number of rotatable bonds is 10. The third-order valence-electron chi connectivity index (χ3n) is 7.15. The smallest absolute Gasteiger partial charge is 0.310 e. The number of likely N-dealkylation sites (tertiary alicyclic amines) is 1. The maximum Gasteiger partial charge on any atom is 0.310 e. The zero-order chi connectivity index (χ0) is 22.1. The summed E-state index contributed by atoms with van der Waals surface area (Å²) in [6.07, 6.45) is 4.34. The highest BCUT2D eigenvalue weighted by molar-refractivity contribution is 8.02. The molecular formula is C22H36N2O5S. The second-order valence-electron chi connectivity index (χ2n) is 8.79. The van der Waals surface area contributed by atoms with Crippen molar-refractivity contribution in [3.63, 3.8) is 0 Å². The second-order valence-corrected chi connectivity index (χ2v) is 10.3. The summed E-state index contributed by atoms with van der Waals surface area (Å²) in [5, 5.41) is 13.0. The lowest BCUT2D eigenvalue weighted by Crippen LogP contribution is -2.58. The van der Waals surface area contributed by atoms with Crippen LogP contribution >= 0.6 is 11.8 Å². The molecule has 7 nitrogen and oxygen atoms in total. The third kappa shape index (κ3) is 3.53. The summed E-state index contributed by atoms with van der Waals surface area (Å²) < 4.78 is 4.69. The van der Waals surface area contributed by atoms with Crippen LogP contribution in [0, 0.1) is 17.8 Å². The summed E-state index contributed by atoms with van der Waals surface area (Å²) in [7, 11) is 0. The Labute approximate surface area is 183 Å². The molecule has 3 rings (SSSR count). The Morgan fingerprint density at radius 1 is 1.33 bits per heavy atom. The predicted octanol–water partition coefficient (Wildman–Crippen LogP) is 1.96. The van der Waals surface area contributed by atoms with Gasteiger partial charge in [0.05, 0.1) is 35.8 Å². The van der Waals surface area contributed by atoms with Crippen molar-refractivity contribution in [3.05, 3.63) is 0 Å². The molecule has 2 amide bonds. The van der Waals surface area contributed by atoms with Crippen LogP contribution in [0.1, 0.15) is 59.8 Å². The summed E-state index contributed by atoms with van der Waals surface area (Å²) in [6, 6.07) is -1.10. The van der Waals surface area contributed by atoms with Crippen LogP contribution in [-0.2, 0) is 19.1 Å². The monoisotopic (exact) mass is 440 g/mol. The second kappa shape index (κ2) is 9.47. The van der Waals surface area contributed by atoms with Gasteiger partial charge in [0, 0.05) is 11.8 Å². The number of esters is 1. The number of ether oxygens (including phenoxy) is 1. The molecule has 3 fully saturated rings. The Balaban J connectivity index is 1.98. The molecule has 3 unspecified atom stereocenters. The van der Waals surface area contributed by atoms with Crippen LogP contribution < -0.4 is 5.32 Å². The number of carbonyl (C=O) groups is 3. The van der Waals surface area contributed by atoms with Gasteiger partial charge in [-0.25, -0.2) is 0 Å². The van der Waals surface area contributed by atoms with Gasteiger partial charge in [-0.3, -0.25) is 14.4 Å². The van der Waals surface area contributed by atoms with Crippen LogP contribution in [0.5, 0.6) is 0 Å². The highest BCUT2D eigenvalue weighted by Crippen LogP contribution is 2.68. The zero-order valence-electron chi connectivity index (χ0n) is 18.6. The summed E-state index contributed by atoms with van der Waals surface area (Å²) in [4.78, 5) is 41.6. The van der Waals surface area contributed by atoms with Crippen LogP contribution in [0.15, 0.2) is 0 Å². The van der Waals surface area contributed by atoms with E-state index in [1.807, 2.05) is 6.92 Å². The molecule has 3 saturated heterocycles. The first-order chi connectivity index (χ1) is 14.4. The predicted molar refractivity (Wildman–Crippen MR) is 116 cm³/mol. The maximum atomic E-state index is 13.7. The van der Waals surface area contributed by atoms with Crippen LogP contribution in [0.25, 0.3) is 0 Å². The minimum absolute atomic E-state index is 0.000237. The van der Waals surface area contributed by atoms with E-state index in [0.29, 0.717) is 13.0 Å².